The van der Waals surface area contributed by atoms with Crippen molar-refractivity contribution in [1.82, 2.24) is 15.2 Å². The fourth-order valence-electron chi connectivity index (χ4n) is 4.58. The second kappa shape index (κ2) is 11.8. The number of esters is 1. The van der Waals surface area contributed by atoms with Gasteiger partial charge in [-0.25, -0.2) is 4.98 Å². The normalized spacial score (nSPS) is 24.1. The Morgan fingerprint density at radius 1 is 1.33 bits per heavy atom. The molecule has 3 atom stereocenters. The van der Waals surface area contributed by atoms with Crippen LogP contribution in [0.25, 0.3) is 0 Å². The van der Waals surface area contributed by atoms with Gasteiger partial charge in [0, 0.05) is 23.8 Å². The van der Waals surface area contributed by atoms with E-state index in [-0.39, 0.29) is 45.5 Å². The molecule has 0 saturated carbocycles. The van der Waals surface area contributed by atoms with Gasteiger partial charge in [0.2, 0.25) is 11.8 Å². The van der Waals surface area contributed by atoms with Crippen molar-refractivity contribution in [2.45, 2.75) is 57.2 Å². The minimum Gasteiger partial charge on any atom is -0.445 e. The summed E-state index contributed by atoms with van der Waals surface area (Å²) in [4.78, 5) is 44.1. The standard InChI is InChI=1S/C24H31N5O7S3/c1-11-14(12-5-7-34-8-6-12)17(21(37)35-10-36-22(32)24(2,3)4)29-19(31)16(20(29)39-11)27-18(30)15(28-33)13-9-38-23(25)26-13/h9,11-12,16,20,33H,5-8,10H2,1-4H3,(H2,25,26)(H,27,30)/b28-15-/t11?,16?,20-/m1/s1. The molecule has 0 aliphatic carbocycles. The lowest BCUT2D eigenvalue weighted by Gasteiger charge is -2.53. The molecule has 15 heteroatoms. The maximum atomic E-state index is 13.4. The summed E-state index contributed by atoms with van der Waals surface area (Å²) >= 11 is 8.23. The third-order valence-electron chi connectivity index (χ3n) is 6.55. The van der Waals surface area contributed by atoms with Crippen LogP contribution in [0.4, 0.5) is 5.13 Å². The van der Waals surface area contributed by atoms with Crippen LogP contribution in [-0.2, 0) is 28.6 Å². The molecule has 3 aliphatic heterocycles. The predicted molar refractivity (Wildman–Crippen MR) is 149 cm³/mol. The van der Waals surface area contributed by atoms with Gasteiger partial charge < -0.3 is 30.5 Å². The number of ether oxygens (including phenoxy) is 3. The van der Waals surface area contributed by atoms with E-state index in [9.17, 15) is 19.6 Å². The van der Waals surface area contributed by atoms with Crippen molar-refractivity contribution in [2.24, 2.45) is 16.5 Å². The summed E-state index contributed by atoms with van der Waals surface area (Å²) in [7, 11) is 0. The first-order valence-corrected chi connectivity index (χ1v) is 14.6. The maximum absolute atomic E-state index is 13.4. The SMILES string of the molecule is CC1S[C@@H]2C(NC(=O)/C(=N\O)c3csc(N)n3)C(=O)N2C(C(=S)OCOC(=O)C(C)(C)C)=C1C1CCOCC1. The number of rotatable bonds is 7. The number of thioether (sulfide) groups is 1. The molecule has 0 aromatic carbocycles. The number of thiazole rings is 1. The topological polar surface area (TPSA) is 166 Å². The highest BCUT2D eigenvalue weighted by Crippen LogP contribution is 2.48. The number of carbonyl (C=O) groups excluding carboxylic acids is 3. The molecule has 212 valence electrons. The average Bonchev–Trinajstić information content (AvgIpc) is 3.32. The number of oxime groups is 1. The summed E-state index contributed by atoms with van der Waals surface area (Å²) < 4.78 is 16.5. The summed E-state index contributed by atoms with van der Waals surface area (Å²) in [6, 6.07) is -0.898. The van der Waals surface area contributed by atoms with Crippen LogP contribution in [0.3, 0.4) is 0 Å². The zero-order valence-corrected chi connectivity index (χ0v) is 24.4. The highest BCUT2D eigenvalue weighted by Gasteiger charge is 2.56. The Morgan fingerprint density at radius 2 is 2.03 bits per heavy atom. The number of fused-ring (bicyclic) bond motifs is 1. The van der Waals surface area contributed by atoms with Crippen LogP contribution in [0.1, 0.15) is 46.2 Å². The Balaban J connectivity index is 1.55. The number of carbonyl (C=O) groups is 3. The lowest BCUT2D eigenvalue weighted by atomic mass is 9.86. The molecular weight excluding hydrogens is 566 g/mol. The minimum absolute atomic E-state index is 0.0454. The number of β-lactam (4-membered cyclic amide) rings is 1. The van der Waals surface area contributed by atoms with Gasteiger partial charge in [-0.15, -0.1) is 23.1 Å². The third-order valence-corrected chi connectivity index (χ3v) is 8.96. The Bertz CT molecular complexity index is 1220. The van der Waals surface area contributed by atoms with Crippen LogP contribution in [0.15, 0.2) is 21.8 Å². The monoisotopic (exact) mass is 597 g/mol. The van der Waals surface area contributed by atoms with Crippen molar-refractivity contribution < 1.29 is 33.8 Å². The molecule has 2 fully saturated rings. The van der Waals surface area contributed by atoms with Crippen LogP contribution in [0.2, 0.25) is 0 Å². The van der Waals surface area contributed by atoms with Gasteiger partial charge in [0.25, 0.3) is 11.8 Å². The van der Waals surface area contributed by atoms with Crippen LogP contribution in [-0.4, -0.2) is 80.3 Å². The van der Waals surface area contributed by atoms with Crippen molar-refractivity contribution in [3.8, 4) is 0 Å². The zero-order chi connectivity index (χ0) is 28.5. The Morgan fingerprint density at radius 3 is 2.62 bits per heavy atom. The predicted octanol–water partition coefficient (Wildman–Crippen LogP) is 2.26. The first kappa shape index (κ1) is 29.2. The van der Waals surface area contributed by atoms with E-state index >= 15 is 0 Å². The van der Waals surface area contributed by atoms with E-state index in [2.05, 4.69) is 15.5 Å². The molecule has 12 nitrogen and oxygen atoms in total. The highest BCUT2D eigenvalue weighted by atomic mass is 32.2. The summed E-state index contributed by atoms with van der Waals surface area (Å²) in [5, 5.41) is 16.4. The number of thiocarbonyl (C=S) groups is 1. The molecule has 2 amide bonds. The lowest BCUT2D eigenvalue weighted by molar-refractivity contribution is -0.160. The molecule has 4 rings (SSSR count). The minimum atomic E-state index is -0.898. The molecule has 39 heavy (non-hydrogen) atoms. The summed E-state index contributed by atoms with van der Waals surface area (Å²) in [5.41, 5.74) is 6.13. The fourth-order valence-corrected chi connectivity index (χ4v) is 6.93. The van der Waals surface area contributed by atoms with E-state index < -0.39 is 28.7 Å². The number of nitrogens with zero attached hydrogens (tertiary/aromatic N) is 3. The van der Waals surface area contributed by atoms with Gasteiger partial charge in [-0.3, -0.25) is 19.3 Å². The number of anilines is 1. The van der Waals surface area contributed by atoms with E-state index in [0.717, 1.165) is 29.8 Å². The molecule has 1 aromatic heterocycles. The molecule has 0 radical (unpaired) electrons. The number of nitrogens with one attached hydrogen (secondary N) is 1. The van der Waals surface area contributed by atoms with Crippen LogP contribution < -0.4 is 11.1 Å². The van der Waals surface area contributed by atoms with E-state index in [0.29, 0.717) is 18.9 Å². The van der Waals surface area contributed by atoms with Crippen LogP contribution in [0, 0.1) is 11.3 Å². The van der Waals surface area contributed by atoms with Crippen LogP contribution >= 0.6 is 35.3 Å². The van der Waals surface area contributed by atoms with E-state index in [1.54, 1.807) is 20.8 Å². The molecule has 4 N–H and O–H groups in total. The molecular formula is C24H31N5O7S3. The smallest absolute Gasteiger partial charge is 0.314 e. The summed E-state index contributed by atoms with van der Waals surface area (Å²) in [6.07, 6.45) is 1.54. The van der Waals surface area contributed by atoms with Crippen molar-refractivity contribution in [1.29, 1.82) is 0 Å². The maximum Gasteiger partial charge on any atom is 0.314 e. The van der Waals surface area contributed by atoms with Gasteiger partial charge in [-0.05, 0) is 64.2 Å². The van der Waals surface area contributed by atoms with Gasteiger partial charge in [0.1, 0.15) is 17.1 Å². The zero-order valence-electron chi connectivity index (χ0n) is 22.0. The quantitative estimate of drug-likeness (QED) is 0.0803. The first-order valence-electron chi connectivity index (χ1n) is 12.3. The van der Waals surface area contributed by atoms with Crippen molar-refractivity contribution in [2.75, 3.05) is 25.7 Å². The van der Waals surface area contributed by atoms with E-state index in [4.69, 9.17) is 32.2 Å². The van der Waals surface area contributed by atoms with Gasteiger partial charge in [0.15, 0.2) is 10.8 Å². The first-order chi connectivity index (χ1) is 18.4. The van der Waals surface area contributed by atoms with E-state index in [1.165, 1.54) is 22.0 Å². The van der Waals surface area contributed by atoms with Gasteiger partial charge in [-0.2, -0.15) is 0 Å². The Kier molecular flexibility index (Phi) is 8.83. The molecule has 0 spiro atoms. The third kappa shape index (κ3) is 6.05. The molecule has 4 heterocycles. The van der Waals surface area contributed by atoms with Gasteiger partial charge in [0.05, 0.1) is 11.1 Å². The number of nitrogen functional groups attached to an aromatic ring is 1. The van der Waals surface area contributed by atoms with E-state index in [1.807, 2.05) is 6.92 Å². The van der Waals surface area contributed by atoms with Gasteiger partial charge >= 0.3 is 5.97 Å². The molecule has 2 unspecified atom stereocenters. The average molecular weight is 598 g/mol. The number of amides is 2. The molecule has 2 saturated heterocycles. The second-order valence-corrected chi connectivity index (χ2v) is 13.0. The second-order valence-electron chi connectivity index (χ2n) is 10.3. The van der Waals surface area contributed by atoms with Crippen molar-refractivity contribution in [3.63, 3.8) is 0 Å². The lowest BCUT2D eigenvalue weighted by Crippen LogP contribution is -2.71. The van der Waals surface area contributed by atoms with Crippen molar-refractivity contribution >= 4 is 69.0 Å². The number of hydrogen-bond donors (Lipinski definition) is 3. The molecule has 3 aliphatic rings. The molecule has 0 bridgehead atoms. The highest BCUT2D eigenvalue weighted by molar-refractivity contribution is 8.00. The summed E-state index contributed by atoms with van der Waals surface area (Å²) in [5.74, 6) is -1.47. The largest absolute Gasteiger partial charge is 0.445 e. The number of nitrogens with two attached hydrogens (primary N) is 1. The number of hydrogen-bond acceptors (Lipinski definition) is 13. The Hall–Kier alpha value is -2.75. The number of aromatic nitrogens is 1. The Labute approximate surface area is 239 Å². The molecule has 1 aromatic rings. The van der Waals surface area contributed by atoms with Crippen LogP contribution in [0.5, 0.6) is 0 Å². The summed E-state index contributed by atoms with van der Waals surface area (Å²) in [6.45, 7) is 8.01. The van der Waals surface area contributed by atoms with Gasteiger partial charge in [-0.1, -0.05) is 5.16 Å². The van der Waals surface area contributed by atoms with Crippen molar-refractivity contribution in [3.05, 3.63) is 22.3 Å². The fraction of sp³-hybridized carbons (Fsp3) is 0.583.